The standard InChI is InChI=1S/C19H17ClN2O2S2/c1-12-19(13-4-6-14(20)7-5-13)22-18(26-12)11-21-17(24)9-8-15(23)16-3-2-10-25-16/h2-7,10H,8-9,11H2,1H3,(H,21,24). The van der Waals surface area contributed by atoms with Gasteiger partial charge in [0.15, 0.2) is 5.78 Å². The van der Waals surface area contributed by atoms with E-state index in [2.05, 4.69) is 10.3 Å². The van der Waals surface area contributed by atoms with Gasteiger partial charge in [-0.2, -0.15) is 0 Å². The minimum absolute atomic E-state index is 0.00488. The maximum atomic E-state index is 12.0. The lowest BCUT2D eigenvalue weighted by Crippen LogP contribution is -2.23. The van der Waals surface area contributed by atoms with Crippen molar-refractivity contribution in [3.05, 3.63) is 61.6 Å². The Morgan fingerprint density at radius 1 is 1.15 bits per heavy atom. The molecule has 26 heavy (non-hydrogen) atoms. The van der Waals surface area contributed by atoms with E-state index in [0.29, 0.717) is 16.4 Å². The highest BCUT2D eigenvalue weighted by atomic mass is 35.5. The average Bonchev–Trinajstić information content (AvgIpc) is 3.28. The monoisotopic (exact) mass is 404 g/mol. The third-order valence-corrected chi connectivity index (χ3v) is 5.90. The number of thiazole rings is 1. The Kier molecular flexibility index (Phi) is 6.19. The van der Waals surface area contributed by atoms with Crippen LogP contribution in [-0.4, -0.2) is 16.7 Å². The number of carbonyl (C=O) groups is 2. The van der Waals surface area contributed by atoms with E-state index in [1.54, 1.807) is 17.4 Å². The number of hydrogen-bond acceptors (Lipinski definition) is 5. The molecule has 0 aliphatic carbocycles. The Hall–Kier alpha value is -2.02. The van der Waals surface area contributed by atoms with E-state index in [-0.39, 0.29) is 24.5 Å². The van der Waals surface area contributed by atoms with Crippen molar-refractivity contribution in [1.82, 2.24) is 10.3 Å². The average molecular weight is 405 g/mol. The fourth-order valence-corrected chi connectivity index (χ4v) is 4.17. The largest absolute Gasteiger partial charge is 0.350 e. The number of hydrogen-bond donors (Lipinski definition) is 1. The fourth-order valence-electron chi connectivity index (χ4n) is 2.45. The summed E-state index contributed by atoms with van der Waals surface area (Å²) >= 11 is 8.88. The summed E-state index contributed by atoms with van der Waals surface area (Å²) in [5.41, 5.74) is 1.91. The molecule has 0 aliphatic rings. The lowest BCUT2D eigenvalue weighted by atomic mass is 10.1. The van der Waals surface area contributed by atoms with Crippen molar-refractivity contribution in [2.24, 2.45) is 0 Å². The summed E-state index contributed by atoms with van der Waals surface area (Å²) < 4.78 is 0. The highest BCUT2D eigenvalue weighted by Crippen LogP contribution is 2.28. The van der Waals surface area contributed by atoms with Gasteiger partial charge in [0.2, 0.25) is 5.91 Å². The number of thiophene rings is 1. The molecule has 0 fully saturated rings. The molecule has 2 heterocycles. The zero-order valence-corrected chi connectivity index (χ0v) is 16.5. The van der Waals surface area contributed by atoms with Gasteiger partial charge in [0, 0.05) is 28.3 Å². The topological polar surface area (TPSA) is 59.1 Å². The van der Waals surface area contributed by atoms with Crippen molar-refractivity contribution in [2.45, 2.75) is 26.3 Å². The summed E-state index contributed by atoms with van der Waals surface area (Å²) in [5.74, 6) is -0.138. The molecule has 1 N–H and O–H groups in total. The van der Waals surface area contributed by atoms with Crippen molar-refractivity contribution in [2.75, 3.05) is 0 Å². The summed E-state index contributed by atoms with van der Waals surface area (Å²) in [7, 11) is 0. The van der Waals surface area contributed by atoms with Gasteiger partial charge < -0.3 is 5.32 Å². The normalized spacial score (nSPS) is 10.7. The van der Waals surface area contributed by atoms with Crippen molar-refractivity contribution in [3.63, 3.8) is 0 Å². The van der Waals surface area contributed by atoms with Crippen LogP contribution in [0.25, 0.3) is 11.3 Å². The van der Waals surface area contributed by atoms with Crippen LogP contribution in [0.4, 0.5) is 0 Å². The third kappa shape index (κ3) is 4.78. The second-order valence-corrected chi connectivity index (χ2v) is 8.37. The molecule has 2 aromatic heterocycles. The first-order valence-electron chi connectivity index (χ1n) is 8.08. The minimum Gasteiger partial charge on any atom is -0.350 e. The lowest BCUT2D eigenvalue weighted by molar-refractivity contribution is -0.121. The molecule has 7 heteroatoms. The Morgan fingerprint density at radius 2 is 1.92 bits per heavy atom. The molecular formula is C19H17ClN2O2S2. The van der Waals surface area contributed by atoms with Gasteiger partial charge in [0.05, 0.1) is 17.1 Å². The molecular weight excluding hydrogens is 388 g/mol. The van der Waals surface area contributed by atoms with Crippen LogP contribution in [0.1, 0.15) is 32.4 Å². The molecule has 1 amide bonds. The number of carbonyl (C=O) groups excluding carboxylic acids is 2. The first-order valence-corrected chi connectivity index (χ1v) is 10.2. The quantitative estimate of drug-likeness (QED) is 0.556. The minimum atomic E-state index is -0.143. The molecule has 0 radical (unpaired) electrons. The van der Waals surface area contributed by atoms with E-state index in [4.69, 9.17) is 11.6 Å². The maximum Gasteiger partial charge on any atom is 0.220 e. The third-order valence-electron chi connectivity index (χ3n) is 3.77. The molecule has 4 nitrogen and oxygen atoms in total. The van der Waals surface area contributed by atoms with Gasteiger partial charge >= 0.3 is 0 Å². The lowest BCUT2D eigenvalue weighted by Gasteiger charge is -2.02. The van der Waals surface area contributed by atoms with Crippen LogP contribution in [0.2, 0.25) is 5.02 Å². The number of ketones is 1. The van der Waals surface area contributed by atoms with Crippen molar-refractivity contribution >= 4 is 46.0 Å². The molecule has 0 saturated heterocycles. The van der Waals surface area contributed by atoms with Gasteiger partial charge in [-0.1, -0.05) is 29.8 Å². The number of halogens is 1. The van der Waals surface area contributed by atoms with E-state index in [9.17, 15) is 9.59 Å². The predicted octanol–water partition coefficient (Wildman–Crippen LogP) is 5.11. The van der Waals surface area contributed by atoms with E-state index >= 15 is 0 Å². The number of Topliss-reactive ketones (excluding diaryl/α,β-unsaturated/α-hetero) is 1. The Morgan fingerprint density at radius 3 is 2.62 bits per heavy atom. The Labute approximate surface area is 164 Å². The molecule has 1 aromatic carbocycles. The molecule has 3 rings (SSSR count). The highest BCUT2D eigenvalue weighted by Gasteiger charge is 2.13. The summed E-state index contributed by atoms with van der Waals surface area (Å²) in [6.45, 7) is 2.37. The SMILES string of the molecule is Cc1sc(CNC(=O)CCC(=O)c2cccs2)nc1-c1ccc(Cl)cc1. The van der Waals surface area contributed by atoms with E-state index in [0.717, 1.165) is 21.1 Å². The van der Waals surface area contributed by atoms with Crippen LogP contribution in [-0.2, 0) is 11.3 Å². The molecule has 0 saturated carbocycles. The van der Waals surface area contributed by atoms with Gasteiger partial charge in [-0.15, -0.1) is 22.7 Å². The molecule has 0 bridgehead atoms. The second-order valence-electron chi connectivity index (χ2n) is 5.70. The molecule has 3 aromatic rings. The van der Waals surface area contributed by atoms with Crippen molar-refractivity contribution < 1.29 is 9.59 Å². The number of amides is 1. The zero-order valence-electron chi connectivity index (χ0n) is 14.1. The molecule has 134 valence electrons. The molecule has 0 aliphatic heterocycles. The van der Waals surface area contributed by atoms with Gasteiger partial charge in [-0.25, -0.2) is 4.98 Å². The highest BCUT2D eigenvalue weighted by molar-refractivity contribution is 7.12. The molecule has 0 spiro atoms. The first kappa shape index (κ1) is 18.8. The summed E-state index contributed by atoms with van der Waals surface area (Å²) in [5, 5.41) is 6.22. The van der Waals surface area contributed by atoms with E-state index in [1.807, 2.05) is 42.6 Å². The first-order chi connectivity index (χ1) is 12.5. The van der Waals surface area contributed by atoms with Crippen LogP contribution in [0.3, 0.4) is 0 Å². The maximum absolute atomic E-state index is 12.0. The summed E-state index contributed by atoms with van der Waals surface area (Å²) in [6, 6.07) is 11.2. The van der Waals surface area contributed by atoms with E-state index < -0.39 is 0 Å². The van der Waals surface area contributed by atoms with Crippen LogP contribution >= 0.6 is 34.3 Å². The van der Waals surface area contributed by atoms with Crippen molar-refractivity contribution in [3.8, 4) is 11.3 Å². The van der Waals surface area contributed by atoms with Gasteiger partial charge in [0.25, 0.3) is 0 Å². The van der Waals surface area contributed by atoms with Crippen molar-refractivity contribution in [1.29, 1.82) is 0 Å². The number of rotatable bonds is 7. The Bertz CT molecular complexity index is 902. The smallest absolute Gasteiger partial charge is 0.220 e. The van der Waals surface area contributed by atoms with Gasteiger partial charge in [-0.05, 0) is 30.5 Å². The number of benzene rings is 1. The summed E-state index contributed by atoms with van der Waals surface area (Å²) in [4.78, 5) is 30.3. The Balaban J connectivity index is 1.53. The number of aryl methyl sites for hydroxylation is 1. The molecule has 0 unspecified atom stereocenters. The number of nitrogens with one attached hydrogen (secondary N) is 1. The fraction of sp³-hybridized carbons (Fsp3) is 0.211. The zero-order chi connectivity index (χ0) is 18.5. The van der Waals surface area contributed by atoms with Crippen LogP contribution in [0, 0.1) is 6.92 Å². The number of nitrogens with zero attached hydrogens (tertiary/aromatic N) is 1. The van der Waals surface area contributed by atoms with Gasteiger partial charge in [-0.3, -0.25) is 9.59 Å². The van der Waals surface area contributed by atoms with Crippen LogP contribution < -0.4 is 5.32 Å². The summed E-state index contributed by atoms with van der Waals surface area (Å²) in [6.07, 6.45) is 0.407. The second kappa shape index (κ2) is 8.58. The van der Waals surface area contributed by atoms with Crippen LogP contribution in [0.15, 0.2) is 41.8 Å². The van der Waals surface area contributed by atoms with E-state index in [1.165, 1.54) is 11.3 Å². The number of aromatic nitrogens is 1. The predicted molar refractivity (Wildman–Crippen MR) is 107 cm³/mol. The van der Waals surface area contributed by atoms with Crippen LogP contribution in [0.5, 0.6) is 0 Å². The molecule has 0 atom stereocenters. The van der Waals surface area contributed by atoms with Gasteiger partial charge in [0.1, 0.15) is 5.01 Å².